The van der Waals surface area contributed by atoms with Crippen LogP contribution >= 0.6 is 15.9 Å². The third-order valence-corrected chi connectivity index (χ3v) is 4.74. The van der Waals surface area contributed by atoms with E-state index in [4.69, 9.17) is 27.2 Å². The number of aryl methyl sites for hydroxylation is 1. The number of halogens is 6. The van der Waals surface area contributed by atoms with E-state index in [0.29, 0.717) is 11.9 Å². The summed E-state index contributed by atoms with van der Waals surface area (Å²) in [6.07, 6.45) is 3.35. The molecule has 1 N–H and O–H groups in total. The van der Waals surface area contributed by atoms with E-state index in [1.54, 1.807) is 12.1 Å². The second-order valence-corrected chi connectivity index (χ2v) is 9.43. The number of nitrogens with zero attached hydrogens (tertiary/aromatic N) is 12. The first-order valence-electron chi connectivity index (χ1n) is 13.4. The number of rotatable bonds is 13. The van der Waals surface area contributed by atoms with Crippen LogP contribution in [0.2, 0.25) is 0 Å². The summed E-state index contributed by atoms with van der Waals surface area (Å²) < 4.78 is 59.9. The predicted molar refractivity (Wildman–Crippen MR) is 176 cm³/mol. The van der Waals surface area contributed by atoms with E-state index < -0.39 is 23.5 Å². The van der Waals surface area contributed by atoms with Gasteiger partial charge in [-0.25, -0.2) is 0 Å². The van der Waals surface area contributed by atoms with Gasteiger partial charge in [0.15, 0.2) is 0 Å². The summed E-state index contributed by atoms with van der Waals surface area (Å²) in [5.41, 5.74) is 31.7. The highest BCUT2D eigenvalue weighted by Gasteiger charge is 2.13. The third kappa shape index (κ3) is 74.9. The van der Waals surface area contributed by atoms with Crippen LogP contribution in [0.4, 0.5) is 13.2 Å². The Balaban J connectivity index is -0.0000000696. The third-order valence-electron chi connectivity index (χ3n) is 3.06. The molecule has 0 aliphatic heterocycles. The zero-order chi connectivity index (χ0) is 36.0. The topological polar surface area (TPSA) is 259 Å². The molecule has 0 heterocycles. The Labute approximate surface area is 281 Å². The van der Waals surface area contributed by atoms with Crippen LogP contribution in [0.25, 0.3) is 41.8 Å². The number of aliphatic hydroxyl groups excluding tert-OH is 1. The summed E-state index contributed by atoms with van der Waals surface area (Å²) in [5.74, 6) is 0. The van der Waals surface area contributed by atoms with Crippen LogP contribution < -0.4 is 9.41 Å². The minimum atomic E-state index is -3.74. The van der Waals surface area contributed by atoms with E-state index in [1.807, 2.05) is 6.92 Å². The molecule has 0 unspecified atom stereocenters. The standard InChI is InChI=1S/C9H11N3O3S.C4H9N3.C3H8.C2H5BrO.2C2H4FN3.C2H5F.2FH/c1-8-2-4-9(5-3-8)16(13,14)15-7-6-11-12-10;1-2-3-4-6-7-5;1-3-2;3-1-2-4;2*3-1-2-5-6-4;1-2-3;;/h2-5H,6-7H2,1H3;2-4H2,1H3;3H2,1-2H3;4H,1-2H2;2*1-2H2;2H2,1H3;2*1H/p-2/i;;;;3*3-1;2*1-1. The van der Waals surface area contributed by atoms with Crippen molar-refractivity contribution in [3.8, 4) is 0 Å². The Kier molecular flexibility index (Phi) is 81.5. The second kappa shape index (κ2) is 61.5. The molecule has 0 spiro atoms. The zero-order valence-electron chi connectivity index (χ0n) is 27.2. The smallest absolute Gasteiger partial charge is 0.296 e. The van der Waals surface area contributed by atoms with Crippen molar-refractivity contribution in [2.24, 2.45) is 20.5 Å². The number of alkyl halides is 4. The number of azide groups is 4. The van der Waals surface area contributed by atoms with Gasteiger partial charge in [0.2, 0.25) is 0 Å². The molecule has 1 rings (SSSR count). The highest BCUT2D eigenvalue weighted by molar-refractivity contribution is 9.09. The fourth-order valence-electron chi connectivity index (χ4n) is 1.44. The first-order chi connectivity index (χ1) is 21.5. The van der Waals surface area contributed by atoms with Crippen LogP contribution in [0.1, 0.15) is 52.5 Å². The second-order valence-electron chi connectivity index (χ2n) is 7.03. The molecule has 0 amide bonds. The van der Waals surface area contributed by atoms with Crippen molar-refractivity contribution >= 4 is 26.0 Å². The zero-order valence-corrected chi connectivity index (χ0v) is 29.6. The number of hydrogen-bond acceptors (Lipinski definition) is 8. The molecule has 0 saturated heterocycles. The van der Waals surface area contributed by atoms with Crippen molar-refractivity contribution in [2.75, 3.05) is 64.7 Å². The van der Waals surface area contributed by atoms with E-state index >= 15 is 0 Å². The molecule has 23 heteroatoms. The van der Waals surface area contributed by atoms with E-state index in [2.05, 4.69) is 81.0 Å². The summed E-state index contributed by atoms with van der Waals surface area (Å²) in [5, 5.41) is 20.8. The van der Waals surface area contributed by atoms with Gasteiger partial charge in [-0.15, -0.1) is 0 Å². The van der Waals surface area contributed by atoms with Gasteiger partial charge in [0, 0.05) is 31.5 Å². The molecule has 0 atom stereocenters. The van der Waals surface area contributed by atoms with E-state index in [-0.39, 0.29) is 53.8 Å². The maximum atomic E-state index is 11.5. The normalized spacial score (nSPS) is 7.96. The van der Waals surface area contributed by atoms with Crippen molar-refractivity contribution in [1.82, 2.24) is 0 Å². The highest BCUT2D eigenvalue weighted by Crippen LogP contribution is 2.12. The largest absolute Gasteiger partial charge is 1.00 e. The predicted octanol–water partition coefficient (Wildman–Crippen LogP) is 3.41. The van der Waals surface area contributed by atoms with Gasteiger partial charge >= 0.3 is 0 Å². The van der Waals surface area contributed by atoms with Crippen LogP contribution in [0.3, 0.4) is 0 Å². The molecule has 1 aromatic rings. The lowest BCUT2D eigenvalue weighted by Crippen LogP contribution is -3.00. The van der Waals surface area contributed by atoms with E-state index in [1.165, 1.54) is 25.5 Å². The van der Waals surface area contributed by atoms with Crippen LogP contribution in [-0.4, -0.2) is 78.3 Å². The Hall–Kier alpha value is -3.54. The van der Waals surface area contributed by atoms with Crippen LogP contribution in [0.15, 0.2) is 49.6 Å². The molecule has 0 bridgehead atoms. The fraction of sp³-hybridized carbons (Fsp3) is 0.750. The van der Waals surface area contributed by atoms with Crippen molar-refractivity contribution in [3.63, 3.8) is 0 Å². The van der Waals surface area contributed by atoms with Gasteiger partial charge in [-0.3, -0.25) is 17.4 Å². The molecule has 0 radical (unpaired) electrons. The molecule has 0 saturated carbocycles. The van der Waals surface area contributed by atoms with Crippen LogP contribution in [-0.2, 0) is 14.3 Å². The molecular weight excluding hydrogens is 722 g/mol. The Morgan fingerprint density at radius 2 is 1.13 bits per heavy atom. The minimum Gasteiger partial charge on any atom is -1.00 e. The van der Waals surface area contributed by atoms with Gasteiger partial charge < -0.3 is 14.5 Å². The molecule has 0 fully saturated rings. The maximum absolute atomic E-state index is 11.5. The molecule has 16 nitrogen and oxygen atoms in total. The lowest BCUT2D eigenvalue weighted by Gasteiger charge is -2.04. The van der Waals surface area contributed by atoms with Gasteiger partial charge in [-0.1, -0.05) is 87.7 Å². The monoisotopic (exact) mass is 767 g/mol. The van der Waals surface area contributed by atoms with Gasteiger partial charge in [0.1, 0.15) is 0 Å². The van der Waals surface area contributed by atoms with Gasteiger partial charge in [-0.2, -0.15) is 8.42 Å². The summed E-state index contributed by atoms with van der Waals surface area (Å²) in [4.78, 5) is 9.81. The molecule has 0 aliphatic carbocycles. The molecule has 1 aromatic carbocycles. The summed E-state index contributed by atoms with van der Waals surface area (Å²) in [7, 11) is -3.74. The lowest BCUT2D eigenvalue weighted by atomic mass is 10.2. The molecule has 47 heavy (non-hydrogen) atoms. The van der Waals surface area contributed by atoms with Gasteiger partial charge in [0.25, 0.3) is 10.1 Å². The van der Waals surface area contributed by atoms with Crippen LogP contribution in [0.5, 0.6) is 0 Å². The van der Waals surface area contributed by atoms with Gasteiger partial charge in [0.05, 0.1) is 57.8 Å². The minimum absolute atomic E-state index is 0. The van der Waals surface area contributed by atoms with Crippen molar-refractivity contribution < 1.29 is 40.3 Å². The Morgan fingerprint density at radius 1 is 0.787 bits per heavy atom. The Morgan fingerprint density at radius 3 is 1.40 bits per heavy atom. The maximum Gasteiger partial charge on any atom is 0.296 e. The lowest BCUT2D eigenvalue weighted by molar-refractivity contribution is -0.00100. The van der Waals surface area contributed by atoms with Crippen LogP contribution in [0, 0.1) is 6.92 Å². The average molecular weight is 769 g/mol. The van der Waals surface area contributed by atoms with Crippen molar-refractivity contribution in [1.29, 1.82) is 0 Å². The highest BCUT2D eigenvalue weighted by atomic mass is 79.9. The summed E-state index contributed by atoms with van der Waals surface area (Å²) in [6, 6.07) is 6.31. The van der Waals surface area contributed by atoms with E-state index in [9.17, 15) is 21.6 Å². The first-order valence-corrected chi connectivity index (χ1v) is 15.9. The number of aliphatic hydroxyl groups is 1. The molecular formula is C24H46BrF5N12O4S-2. The number of benzene rings is 1. The Bertz CT molecular complexity index is 1020. The fourth-order valence-corrected chi connectivity index (χ4v) is 2.34. The van der Waals surface area contributed by atoms with Crippen molar-refractivity contribution in [2.45, 2.75) is 58.8 Å². The summed E-state index contributed by atoms with van der Waals surface area (Å²) in [6.45, 7) is 8.88. The molecule has 0 aliphatic rings. The van der Waals surface area contributed by atoms with E-state index in [0.717, 1.165) is 18.4 Å². The SMILES string of the molecule is CCC.CCCCN=[N+]=[N-].CC[18F].Cc1ccc(S(=O)(=O)OCCN=[N+]=[N-])cc1.OCCBr.[18F-].[18F-].[N-]=[N+]=NCC[18F].[N-]=[N+]=NCC[18F]. The molecule has 276 valence electrons. The number of hydrogen-bond donors (Lipinski definition) is 1. The first kappa shape index (κ1) is 62.3. The van der Waals surface area contributed by atoms with Crippen molar-refractivity contribution in [3.05, 3.63) is 71.6 Å². The van der Waals surface area contributed by atoms with Gasteiger partial charge in [-0.05, 0) is 54.5 Å². The number of unbranched alkanes of at least 4 members (excludes halogenated alkanes) is 1. The quantitative estimate of drug-likeness (QED) is 0.0602. The average Bonchev–Trinajstić information content (AvgIpc) is 3.03. The molecule has 0 aromatic heterocycles. The summed E-state index contributed by atoms with van der Waals surface area (Å²) >= 11 is 3.00.